The lowest BCUT2D eigenvalue weighted by molar-refractivity contribution is 0.102. The van der Waals surface area contributed by atoms with E-state index in [0.717, 1.165) is 5.56 Å². The summed E-state index contributed by atoms with van der Waals surface area (Å²) in [5, 5.41) is 3.68. The van der Waals surface area contributed by atoms with Crippen LogP contribution in [0.15, 0.2) is 42.5 Å². The van der Waals surface area contributed by atoms with Crippen LogP contribution in [0.5, 0.6) is 0 Å². The minimum Gasteiger partial charge on any atom is -0.322 e. The van der Waals surface area contributed by atoms with Crippen molar-refractivity contribution in [3.05, 3.63) is 63.6 Å². The molecule has 3 nitrogen and oxygen atoms in total. The number of benzene rings is 2. The number of anilines is 1. The van der Waals surface area contributed by atoms with Crippen molar-refractivity contribution < 1.29 is 9.00 Å². The van der Waals surface area contributed by atoms with Gasteiger partial charge in [-0.2, -0.15) is 0 Å². The molecular formula is C15H13Cl2NO2S. The van der Waals surface area contributed by atoms with Crippen LogP contribution < -0.4 is 5.32 Å². The maximum absolute atomic E-state index is 12.2. The average Bonchev–Trinajstić information content (AvgIpc) is 2.42. The Kier molecular flexibility index (Phi) is 5.39. The van der Waals surface area contributed by atoms with Crippen molar-refractivity contribution in [2.24, 2.45) is 0 Å². The second-order valence-electron chi connectivity index (χ2n) is 4.46. The molecule has 0 heterocycles. The zero-order valence-electron chi connectivity index (χ0n) is 11.2. The van der Waals surface area contributed by atoms with Gasteiger partial charge >= 0.3 is 0 Å². The third-order valence-electron chi connectivity index (χ3n) is 2.78. The van der Waals surface area contributed by atoms with E-state index >= 15 is 0 Å². The van der Waals surface area contributed by atoms with Gasteiger partial charge in [-0.15, -0.1) is 0 Å². The van der Waals surface area contributed by atoms with Gasteiger partial charge in [-0.25, -0.2) is 0 Å². The standard InChI is InChI=1S/C15H13Cl2NO2S/c1-21(20)9-10-8-11(6-7-13(10)16)18-15(19)12-4-2-3-5-14(12)17/h2-8H,9H2,1H3,(H,18,19)/t21-/m1/s1. The number of hydrogen-bond donors (Lipinski definition) is 1. The average molecular weight is 342 g/mol. The second kappa shape index (κ2) is 7.07. The number of carbonyl (C=O) groups excluding carboxylic acids is 1. The summed E-state index contributed by atoms with van der Waals surface area (Å²) < 4.78 is 11.3. The molecule has 0 saturated carbocycles. The number of amides is 1. The van der Waals surface area contributed by atoms with E-state index in [1.54, 1.807) is 48.7 Å². The predicted molar refractivity (Wildman–Crippen MR) is 88.6 cm³/mol. The van der Waals surface area contributed by atoms with E-state index in [9.17, 15) is 9.00 Å². The van der Waals surface area contributed by atoms with Crippen LogP contribution in [0, 0.1) is 0 Å². The Morgan fingerprint density at radius 1 is 1.14 bits per heavy atom. The van der Waals surface area contributed by atoms with E-state index in [1.165, 1.54) is 0 Å². The van der Waals surface area contributed by atoms with Gasteiger partial charge in [0.25, 0.3) is 5.91 Å². The van der Waals surface area contributed by atoms with Gasteiger partial charge in [-0.1, -0.05) is 35.3 Å². The number of carbonyl (C=O) groups is 1. The Balaban J connectivity index is 2.22. The van der Waals surface area contributed by atoms with Crippen LogP contribution in [0.3, 0.4) is 0 Å². The molecule has 2 aromatic carbocycles. The quantitative estimate of drug-likeness (QED) is 0.908. The lowest BCUT2D eigenvalue weighted by atomic mass is 10.2. The van der Waals surface area contributed by atoms with Crippen LogP contribution in [0.1, 0.15) is 15.9 Å². The van der Waals surface area contributed by atoms with Gasteiger partial charge in [0.2, 0.25) is 0 Å². The van der Waals surface area contributed by atoms with Crippen molar-refractivity contribution in [1.82, 2.24) is 0 Å². The Bertz CT molecular complexity index is 704. The van der Waals surface area contributed by atoms with E-state index in [2.05, 4.69) is 5.32 Å². The molecule has 0 aliphatic carbocycles. The van der Waals surface area contributed by atoms with Crippen LogP contribution in [0.2, 0.25) is 10.0 Å². The van der Waals surface area contributed by atoms with Crippen LogP contribution in [0.25, 0.3) is 0 Å². The fourth-order valence-electron chi connectivity index (χ4n) is 1.83. The predicted octanol–water partition coefficient (Wildman–Crippen LogP) is 4.12. The lowest BCUT2D eigenvalue weighted by Crippen LogP contribution is -2.12. The molecule has 1 amide bonds. The third kappa shape index (κ3) is 4.30. The summed E-state index contributed by atoms with van der Waals surface area (Å²) in [5.74, 6) is 0.0424. The molecular weight excluding hydrogens is 329 g/mol. The summed E-state index contributed by atoms with van der Waals surface area (Å²) in [7, 11) is -1.01. The molecule has 0 spiro atoms. The maximum Gasteiger partial charge on any atom is 0.257 e. The highest BCUT2D eigenvalue weighted by molar-refractivity contribution is 7.83. The van der Waals surface area contributed by atoms with Crippen molar-refractivity contribution in [1.29, 1.82) is 0 Å². The molecule has 0 radical (unpaired) electrons. The van der Waals surface area contributed by atoms with E-state index in [-0.39, 0.29) is 5.91 Å². The Hall–Kier alpha value is -1.36. The van der Waals surface area contributed by atoms with Crippen molar-refractivity contribution in [3.63, 3.8) is 0 Å². The molecule has 0 aliphatic heterocycles. The zero-order valence-corrected chi connectivity index (χ0v) is 13.6. The molecule has 0 aromatic heterocycles. The van der Waals surface area contributed by atoms with Crippen molar-refractivity contribution >= 4 is 45.6 Å². The molecule has 2 aromatic rings. The number of rotatable bonds is 4. The van der Waals surface area contributed by atoms with Gasteiger partial charge in [0.15, 0.2) is 0 Å². The smallest absolute Gasteiger partial charge is 0.257 e. The van der Waals surface area contributed by atoms with E-state index in [4.69, 9.17) is 23.2 Å². The summed E-state index contributed by atoms with van der Waals surface area (Å²) in [6.45, 7) is 0. The normalized spacial score (nSPS) is 12.0. The first-order valence-electron chi connectivity index (χ1n) is 6.11. The third-order valence-corrected chi connectivity index (χ3v) is 4.20. The minimum atomic E-state index is -1.01. The summed E-state index contributed by atoms with van der Waals surface area (Å²) >= 11 is 12.0. The first-order chi connectivity index (χ1) is 9.97. The highest BCUT2D eigenvalue weighted by Crippen LogP contribution is 2.23. The zero-order chi connectivity index (χ0) is 15.4. The lowest BCUT2D eigenvalue weighted by Gasteiger charge is -2.09. The van der Waals surface area contributed by atoms with Crippen LogP contribution in [-0.2, 0) is 16.6 Å². The van der Waals surface area contributed by atoms with Gasteiger partial charge in [-0.3, -0.25) is 9.00 Å². The van der Waals surface area contributed by atoms with Crippen molar-refractivity contribution in [2.75, 3.05) is 11.6 Å². The topological polar surface area (TPSA) is 46.2 Å². The molecule has 0 bridgehead atoms. The highest BCUT2D eigenvalue weighted by Gasteiger charge is 2.11. The first-order valence-corrected chi connectivity index (χ1v) is 8.60. The molecule has 1 atom stereocenters. The molecule has 0 unspecified atom stereocenters. The van der Waals surface area contributed by atoms with Crippen LogP contribution in [0.4, 0.5) is 5.69 Å². The van der Waals surface area contributed by atoms with Crippen molar-refractivity contribution in [2.45, 2.75) is 5.75 Å². The molecule has 1 N–H and O–H groups in total. The highest BCUT2D eigenvalue weighted by atomic mass is 35.5. The monoisotopic (exact) mass is 341 g/mol. The first kappa shape index (κ1) is 16.0. The molecule has 6 heteroatoms. The van der Waals surface area contributed by atoms with E-state index < -0.39 is 10.8 Å². The summed E-state index contributed by atoms with van der Waals surface area (Å²) in [6.07, 6.45) is 1.60. The Morgan fingerprint density at radius 2 is 1.86 bits per heavy atom. The molecule has 0 saturated heterocycles. The van der Waals surface area contributed by atoms with Gasteiger partial charge in [0, 0.05) is 33.5 Å². The fourth-order valence-corrected chi connectivity index (χ4v) is 2.99. The van der Waals surface area contributed by atoms with Gasteiger partial charge < -0.3 is 5.32 Å². The minimum absolute atomic E-state index is 0.300. The van der Waals surface area contributed by atoms with Crippen LogP contribution in [-0.4, -0.2) is 16.4 Å². The Labute approximate surface area is 135 Å². The number of nitrogens with one attached hydrogen (secondary N) is 1. The molecule has 110 valence electrons. The van der Waals surface area contributed by atoms with Gasteiger partial charge in [0.1, 0.15) is 0 Å². The molecule has 0 fully saturated rings. The number of hydrogen-bond acceptors (Lipinski definition) is 2. The fraction of sp³-hybridized carbons (Fsp3) is 0.133. The molecule has 21 heavy (non-hydrogen) atoms. The number of halogens is 2. The molecule has 2 rings (SSSR count). The largest absolute Gasteiger partial charge is 0.322 e. The van der Waals surface area contributed by atoms with Crippen LogP contribution >= 0.6 is 23.2 Å². The SMILES string of the molecule is C[S@@](=O)Cc1cc(NC(=O)c2ccccc2Cl)ccc1Cl. The maximum atomic E-state index is 12.2. The van der Waals surface area contributed by atoms with Crippen molar-refractivity contribution in [3.8, 4) is 0 Å². The van der Waals surface area contributed by atoms with E-state index in [0.29, 0.717) is 27.0 Å². The Morgan fingerprint density at radius 3 is 2.52 bits per heavy atom. The summed E-state index contributed by atoms with van der Waals surface area (Å²) in [5.41, 5.74) is 1.72. The van der Waals surface area contributed by atoms with E-state index in [1.807, 2.05) is 0 Å². The second-order valence-corrected chi connectivity index (χ2v) is 6.71. The summed E-state index contributed by atoms with van der Waals surface area (Å²) in [6, 6.07) is 11.9. The molecule has 0 aliphatic rings. The summed E-state index contributed by atoms with van der Waals surface area (Å²) in [4.78, 5) is 12.2. The van der Waals surface area contributed by atoms with Gasteiger partial charge in [-0.05, 0) is 35.9 Å². The van der Waals surface area contributed by atoms with Gasteiger partial charge in [0.05, 0.1) is 10.6 Å².